The van der Waals surface area contributed by atoms with Gasteiger partial charge in [0.25, 0.3) is 0 Å². The molecule has 0 atom stereocenters. The summed E-state index contributed by atoms with van der Waals surface area (Å²) in [4.78, 5) is 34.4. The molecule has 0 radical (unpaired) electrons. The molecular formula is C33H34N4O4. The number of morpholine rings is 1. The lowest BCUT2D eigenvalue weighted by molar-refractivity contribution is -0.116. The van der Waals surface area contributed by atoms with Crippen molar-refractivity contribution in [2.45, 2.75) is 25.7 Å². The molecule has 2 saturated heterocycles. The molecule has 2 aliphatic rings. The van der Waals surface area contributed by atoms with Crippen molar-refractivity contribution < 1.29 is 13.9 Å². The highest BCUT2D eigenvalue weighted by molar-refractivity contribution is 6.18. The van der Waals surface area contributed by atoms with Crippen LogP contribution in [0.25, 0.3) is 44.0 Å². The maximum absolute atomic E-state index is 13.2. The summed E-state index contributed by atoms with van der Waals surface area (Å²) in [6.45, 7) is 5.62. The zero-order valence-electron chi connectivity index (χ0n) is 23.1. The van der Waals surface area contributed by atoms with Crippen molar-refractivity contribution in [1.82, 2.24) is 9.88 Å². The number of pyridine rings is 1. The fourth-order valence-corrected chi connectivity index (χ4v) is 6.26. The zero-order valence-corrected chi connectivity index (χ0v) is 23.1. The summed E-state index contributed by atoms with van der Waals surface area (Å²) in [6, 6.07) is 19.3. The number of nitrogens with zero attached hydrogens (tertiary/aromatic N) is 2. The number of fused-ring (bicyclic) bond motifs is 4. The molecule has 2 N–H and O–H groups in total. The van der Waals surface area contributed by atoms with E-state index in [9.17, 15) is 9.59 Å². The molecule has 2 aromatic heterocycles. The summed E-state index contributed by atoms with van der Waals surface area (Å²) in [5.41, 5.74) is 4.65. The number of para-hydroxylation sites is 2. The number of H-pyrrole nitrogens is 1. The molecule has 5 aromatic rings. The van der Waals surface area contributed by atoms with E-state index in [2.05, 4.69) is 20.1 Å². The van der Waals surface area contributed by atoms with Crippen molar-refractivity contribution in [2.75, 3.05) is 56.2 Å². The number of nitrogens with one attached hydrogen (secondary N) is 2. The average molecular weight is 551 g/mol. The number of benzene rings is 3. The van der Waals surface area contributed by atoms with Gasteiger partial charge in [0.15, 0.2) is 5.43 Å². The number of ether oxygens (including phenoxy) is 1. The molecule has 1 amide bonds. The number of aromatic nitrogens is 1. The van der Waals surface area contributed by atoms with Crippen molar-refractivity contribution in [2.24, 2.45) is 0 Å². The van der Waals surface area contributed by atoms with E-state index in [0.717, 1.165) is 77.2 Å². The van der Waals surface area contributed by atoms with Gasteiger partial charge in [0, 0.05) is 54.0 Å². The highest BCUT2D eigenvalue weighted by Gasteiger charge is 2.21. The van der Waals surface area contributed by atoms with Crippen LogP contribution in [0.2, 0.25) is 0 Å². The summed E-state index contributed by atoms with van der Waals surface area (Å²) in [5.74, 6) is 0.788. The molecule has 41 heavy (non-hydrogen) atoms. The van der Waals surface area contributed by atoms with Crippen LogP contribution < -0.4 is 15.6 Å². The largest absolute Gasteiger partial charge is 0.455 e. The molecule has 3 aromatic carbocycles. The van der Waals surface area contributed by atoms with Crippen LogP contribution in [0.1, 0.15) is 25.7 Å². The number of amides is 1. The van der Waals surface area contributed by atoms with Crippen LogP contribution in [0.4, 0.5) is 11.5 Å². The van der Waals surface area contributed by atoms with Crippen LogP contribution in [0.5, 0.6) is 0 Å². The number of likely N-dealkylation sites (tertiary alicyclic amines) is 1. The summed E-state index contributed by atoms with van der Waals surface area (Å²) in [7, 11) is 0. The number of carbonyl (C=O) groups excluding carboxylic acids is 1. The van der Waals surface area contributed by atoms with Crippen LogP contribution in [0.15, 0.2) is 69.9 Å². The quantitative estimate of drug-likeness (QED) is 0.280. The first kappa shape index (κ1) is 25.8. The van der Waals surface area contributed by atoms with Crippen LogP contribution in [-0.4, -0.2) is 61.7 Å². The van der Waals surface area contributed by atoms with Crippen LogP contribution >= 0.6 is 0 Å². The Hall–Kier alpha value is -4.14. The molecule has 2 aliphatic heterocycles. The Balaban J connectivity index is 1.31. The first-order chi connectivity index (χ1) is 20.2. The van der Waals surface area contributed by atoms with E-state index in [1.807, 2.05) is 54.6 Å². The van der Waals surface area contributed by atoms with E-state index in [-0.39, 0.29) is 11.3 Å². The van der Waals surface area contributed by atoms with E-state index in [1.165, 1.54) is 19.3 Å². The van der Waals surface area contributed by atoms with Gasteiger partial charge in [0.1, 0.15) is 17.0 Å². The number of carbonyl (C=O) groups is 1. The topological polar surface area (TPSA) is 90.8 Å². The second-order valence-corrected chi connectivity index (χ2v) is 11.0. The van der Waals surface area contributed by atoms with Gasteiger partial charge in [-0.3, -0.25) is 9.59 Å². The standard InChI is InChI=1S/C33H34N4O4/c38-27-21-29(37-17-19-40-20-18-37)35-32-22(8-6-9-24(27)32)23-11-12-26(31-25-7-2-3-10-28(25)41-33(23)31)34-30(39)13-16-36-14-4-1-5-15-36/h2-3,6-12,21H,1,4-5,13-20H2,(H,34,39)(H,35,38). The normalized spacial score (nSPS) is 16.5. The van der Waals surface area contributed by atoms with Crippen molar-refractivity contribution in [1.29, 1.82) is 0 Å². The van der Waals surface area contributed by atoms with Gasteiger partial charge in [-0.1, -0.05) is 36.8 Å². The number of rotatable bonds is 6. The van der Waals surface area contributed by atoms with E-state index < -0.39 is 0 Å². The summed E-state index contributed by atoms with van der Waals surface area (Å²) < 4.78 is 12.0. The molecule has 0 unspecified atom stereocenters. The van der Waals surface area contributed by atoms with Gasteiger partial charge >= 0.3 is 0 Å². The van der Waals surface area contributed by atoms with Crippen molar-refractivity contribution in [3.05, 3.63) is 70.9 Å². The second-order valence-electron chi connectivity index (χ2n) is 11.0. The molecular weight excluding hydrogens is 516 g/mol. The SMILES string of the molecule is O=C(CCN1CCCCC1)Nc1ccc(-c2cccc3c(=O)cc(N4CCOCC4)[nH]c23)c2oc3ccccc3c12. The molecule has 210 valence electrons. The molecule has 0 saturated carbocycles. The van der Waals surface area contributed by atoms with Crippen LogP contribution in [-0.2, 0) is 9.53 Å². The number of furan rings is 1. The Morgan fingerprint density at radius 2 is 1.68 bits per heavy atom. The van der Waals surface area contributed by atoms with Crippen molar-refractivity contribution in [3.8, 4) is 11.1 Å². The molecule has 0 spiro atoms. The third kappa shape index (κ3) is 4.98. The highest BCUT2D eigenvalue weighted by atomic mass is 16.5. The van der Waals surface area contributed by atoms with E-state index in [0.29, 0.717) is 30.6 Å². The fraction of sp³-hybridized carbons (Fsp3) is 0.333. The predicted molar refractivity (Wildman–Crippen MR) is 164 cm³/mol. The van der Waals surface area contributed by atoms with Crippen LogP contribution in [0, 0.1) is 0 Å². The number of hydrogen-bond acceptors (Lipinski definition) is 6. The Bertz CT molecular complexity index is 1790. The fourth-order valence-electron chi connectivity index (χ4n) is 6.26. The third-order valence-electron chi connectivity index (χ3n) is 8.40. The number of hydrogen-bond donors (Lipinski definition) is 2. The van der Waals surface area contributed by atoms with Gasteiger partial charge in [0.05, 0.1) is 29.8 Å². The van der Waals surface area contributed by atoms with Gasteiger partial charge in [0.2, 0.25) is 5.91 Å². The van der Waals surface area contributed by atoms with Gasteiger partial charge in [-0.15, -0.1) is 0 Å². The van der Waals surface area contributed by atoms with Gasteiger partial charge < -0.3 is 29.3 Å². The first-order valence-corrected chi connectivity index (χ1v) is 14.6. The Morgan fingerprint density at radius 1 is 0.878 bits per heavy atom. The van der Waals surface area contributed by atoms with E-state index in [1.54, 1.807) is 6.07 Å². The maximum atomic E-state index is 13.2. The van der Waals surface area contributed by atoms with Gasteiger partial charge in [-0.05, 0) is 50.2 Å². The zero-order chi connectivity index (χ0) is 27.8. The molecule has 8 nitrogen and oxygen atoms in total. The minimum absolute atomic E-state index is 0.000418. The Labute approximate surface area is 237 Å². The van der Waals surface area contributed by atoms with Gasteiger partial charge in [-0.25, -0.2) is 0 Å². The lowest BCUT2D eigenvalue weighted by Gasteiger charge is -2.28. The second kappa shape index (κ2) is 11.0. The molecule has 2 fully saturated rings. The van der Waals surface area contributed by atoms with E-state index >= 15 is 0 Å². The Kier molecular flexibility index (Phi) is 6.94. The monoisotopic (exact) mass is 550 g/mol. The molecule has 4 heterocycles. The molecule has 7 rings (SSSR count). The van der Waals surface area contributed by atoms with Crippen LogP contribution in [0.3, 0.4) is 0 Å². The third-order valence-corrected chi connectivity index (χ3v) is 8.40. The van der Waals surface area contributed by atoms with E-state index in [4.69, 9.17) is 9.15 Å². The summed E-state index contributed by atoms with van der Waals surface area (Å²) in [5, 5.41) is 5.61. The van der Waals surface area contributed by atoms with Crippen molar-refractivity contribution in [3.63, 3.8) is 0 Å². The lowest BCUT2D eigenvalue weighted by atomic mass is 9.98. The maximum Gasteiger partial charge on any atom is 0.225 e. The van der Waals surface area contributed by atoms with Crippen molar-refractivity contribution >= 4 is 50.3 Å². The Morgan fingerprint density at radius 3 is 2.54 bits per heavy atom. The average Bonchev–Trinajstić information content (AvgIpc) is 3.41. The predicted octanol–water partition coefficient (Wildman–Crippen LogP) is 5.75. The number of aromatic amines is 1. The number of anilines is 2. The summed E-state index contributed by atoms with van der Waals surface area (Å²) >= 11 is 0. The van der Waals surface area contributed by atoms with Gasteiger partial charge in [-0.2, -0.15) is 0 Å². The number of piperidine rings is 1. The molecule has 0 aliphatic carbocycles. The highest BCUT2D eigenvalue weighted by Crippen LogP contribution is 2.41. The summed E-state index contributed by atoms with van der Waals surface area (Å²) in [6.07, 6.45) is 4.14. The minimum atomic E-state index is -0.0273. The minimum Gasteiger partial charge on any atom is -0.455 e. The first-order valence-electron chi connectivity index (χ1n) is 14.6. The lowest BCUT2D eigenvalue weighted by Crippen LogP contribution is -2.37. The molecule has 0 bridgehead atoms. The smallest absolute Gasteiger partial charge is 0.225 e. The molecule has 8 heteroatoms.